The lowest BCUT2D eigenvalue weighted by Crippen LogP contribution is -2.30. The molecular formula is C19H19BrFNO3. The third-order valence-corrected chi connectivity index (χ3v) is 3.97. The van der Waals surface area contributed by atoms with Crippen molar-refractivity contribution in [3.05, 3.63) is 69.9 Å². The average molecular weight is 408 g/mol. The van der Waals surface area contributed by atoms with Gasteiger partial charge in [0.1, 0.15) is 5.82 Å². The zero-order valence-electron chi connectivity index (χ0n) is 13.6. The Morgan fingerprint density at radius 1 is 1.12 bits per heavy atom. The lowest BCUT2D eigenvalue weighted by Gasteiger charge is -2.07. The molecule has 0 aromatic heterocycles. The summed E-state index contributed by atoms with van der Waals surface area (Å²) in [5.74, 6) is -1.35. The van der Waals surface area contributed by atoms with E-state index in [9.17, 15) is 14.0 Å². The number of Topliss-reactive ketones (excluding diaryl/α,β-unsaturated/α-hetero) is 1. The van der Waals surface area contributed by atoms with Crippen LogP contribution in [0.5, 0.6) is 0 Å². The summed E-state index contributed by atoms with van der Waals surface area (Å²) in [6.07, 6.45) is 0.881. The van der Waals surface area contributed by atoms with E-state index >= 15 is 0 Å². The Balaban J connectivity index is 1.62. The number of hydrogen-bond donors (Lipinski definition) is 1. The van der Waals surface area contributed by atoms with Gasteiger partial charge in [-0.2, -0.15) is 0 Å². The van der Waals surface area contributed by atoms with Gasteiger partial charge in [0, 0.05) is 17.5 Å². The number of hydrogen-bond acceptors (Lipinski definition) is 3. The molecule has 132 valence electrons. The first-order valence-electron chi connectivity index (χ1n) is 7.93. The van der Waals surface area contributed by atoms with E-state index in [0.717, 1.165) is 5.56 Å². The van der Waals surface area contributed by atoms with Crippen molar-refractivity contribution in [3.63, 3.8) is 0 Å². The lowest BCUT2D eigenvalue weighted by molar-refractivity contribution is -0.118. The SMILES string of the molecule is O=C(CCCOCc1ccccc1)CNC(=O)c1ccc(Br)cc1F. The maximum atomic E-state index is 13.7. The Morgan fingerprint density at radius 3 is 2.60 bits per heavy atom. The molecule has 25 heavy (non-hydrogen) atoms. The van der Waals surface area contributed by atoms with Crippen LogP contribution in [-0.4, -0.2) is 24.8 Å². The number of ether oxygens (including phenoxy) is 1. The monoisotopic (exact) mass is 407 g/mol. The van der Waals surface area contributed by atoms with E-state index < -0.39 is 11.7 Å². The summed E-state index contributed by atoms with van der Waals surface area (Å²) < 4.78 is 19.7. The summed E-state index contributed by atoms with van der Waals surface area (Å²) >= 11 is 3.13. The number of benzene rings is 2. The Kier molecular flexibility index (Phi) is 7.76. The number of rotatable bonds is 9. The Labute approximate surface area is 154 Å². The van der Waals surface area contributed by atoms with Gasteiger partial charge in [-0.15, -0.1) is 0 Å². The molecule has 2 aromatic carbocycles. The van der Waals surface area contributed by atoms with Crippen molar-refractivity contribution in [3.8, 4) is 0 Å². The second kappa shape index (κ2) is 10.1. The number of nitrogens with one attached hydrogen (secondary N) is 1. The van der Waals surface area contributed by atoms with Crippen LogP contribution >= 0.6 is 15.9 Å². The van der Waals surface area contributed by atoms with Crippen LogP contribution in [0.4, 0.5) is 4.39 Å². The molecule has 0 saturated heterocycles. The second-order valence-electron chi connectivity index (χ2n) is 5.49. The maximum absolute atomic E-state index is 13.7. The van der Waals surface area contributed by atoms with E-state index in [1.807, 2.05) is 30.3 Å². The molecule has 0 aliphatic carbocycles. The molecule has 0 fully saturated rings. The first kappa shape index (κ1) is 19.3. The van der Waals surface area contributed by atoms with Crippen LogP contribution in [0.3, 0.4) is 0 Å². The second-order valence-corrected chi connectivity index (χ2v) is 6.40. The largest absolute Gasteiger partial charge is 0.377 e. The van der Waals surface area contributed by atoms with E-state index in [1.54, 1.807) is 6.07 Å². The Bertz CT molecular complexity index is 722. The summed E-state index contributed by atoms with van der Waals surface area (Å²) in [6.45, 7) is 0.859. The molecule has 0 radical (unpaired) electrons. The quantitative estimate of drug-likeness (QED) is 0.641. The number of carbonyl (C=O) groups excluding carboxylic acids is 2. The fourth-order valence-corrected chi connectivity index (χ4v) is 2.50. The van der Waals surface area contributed by atoms with Crippen LogP contribution in [-0.2, 0) is 16.1 Å². The van der Waals surface area contributed by atoms with Gasteiger partial charge in [-0.3, -0.25) is 9.59 Å². The summed E-state index contributed by atoms with van der Waals surface area (Å²) in [4.78, 5) is 23.7. The normalized spacial score (nSPS) is 10.5. The number of amides is 1. The van der Waals surface area contributed by atoms with Crippen molar-refractivity contribution in [2.24, 2.45) is 0 Å². The molecule has 0 bridgehead atoms. The van der Waals surface area contributed by atoms with E-state index in [0.29, 0.717) is 30.5 Å². The molecule has 0 aliphatic heterocycles. The van der Waals surface area contributed by atoms with Gasteiger partial charge in [-0.05, 0) is 30.2 Å². The Hall–Kier alpha value is -2.05. The minimum absolute atomic E-state index is 0.0813. The van der Waals surface area contributed by atoms with Crippen molar-refractivity contribution in [1.29, 1.82) is 0 Å². The fourth-order valence-electron chi connectivity index (χ4n) is 2.17. The molecule has 2 aromatic rings. The number of carbonyl (C=O) groups is 2. The molecule has 0 aliphatic rings. The van der Waals surface area contributed by atoms with Crippen molar-refractivity contribution in [2.75, 3.05) is 13.2 Å². The molecule has 0 atom stereocenters. The average Bonchev–Trinajstić information content (AvgIpc) is 2.60. The summed E-state index contributed by atoms with van der Waals surface area (Å²) in [7, 11) is 0. The van der Waals surface area contributed by atoms with Gasteiger partial charge < -0.3 is 10.1 Å². The van der Waals surface area contributed by atoms with Crippen LogP contribution in [0.2, 0.25) is 0 Å². The molecule has 2 rings (SSSR count). The predicted octanol–water partition coefficient (Wildman–Crippen LogP) is 3.88. The van der Waals surface area contributed by atoms with E-state index in [1.165, 1.54) is 12.1 Å². The molecule has 6 heteroatoms. The molecule has 1 N–H and O–H groups in total. The van der Waals surface area contributed by atoms with Crippen molar-refractivity contribution >= 4 is 27.6 Å². The third kappa shape index (κ3) is 6.76. The minimum Gasteiger partial charge on any atom is -0.377 e. The molecule has 1 amide bonds. The van der Waals surface area contributed by atoms with Crippen LogP contribution in [0.1, 0.15) is 28.8 Å². The van der Waals surface area contributed by atoms with Gasteiger partial charge in [0.25, 0.3) is 5.91 Å². The summed E-state index contributed by atoms with van der Waals surface area (Å²) in [6, 6.07) is 13.9. The summed E-state index contributed by atoms with van der Waals surface area (Å²) in [5.41, 5.74) is 1.000. The molecule has 0 unspecified atom stereocenters. The van der Waals surface area contributed by atoms with Crippen LogP contribution in [0.25, 0.3) is 0 Å². The summed E-state index contributed by atoms with van der Waals surface area (Å²) in [5, 5.41) is 2.44. The molecule has 4 nitrogen and oxygen atoms in total. The van der Waals surface area contributed by atoms with Gasteiger partial charge in [-0.25, -0.2) is 4.39 Å². The Morgan fingerprint density at radius 2 is 1.88 bits per heavy atom. The molecule has 0 heterocycles. The van der Waals surface area contributed by atoms with Gasteiger partial charge >= 0.3 is 0 Å². The lowest BCUT2D eigenvalue weighted by atomic mass is 10.2. The van der Waals surface area contributed by atoms with E-state index in [-0.39, 0.29) is 17.9 Å². The highest BCUT2D eigenvalue weighted by Crippen LogP contribution is 2.15. The van der Waals surface area contributed by atoms with Crippen LogP contribution in [0, 0.1) is 5.82 Å². The molecular weight excluding hydrogens is 389 g/mol. The third-order valence-electron chi connectivity index (χ3n) is 3.48. The predicted molar refractivity (Wildman–Crippen MR) is 96.8 cm³/mol. The highest BCUT2D eigenvalue weighted by Gasteiger charge is 2.12. The molecule has 0 spiro atoms. The van der Waals surface area contributed by atoms with Gasteiger partial charge in [0.2, 0.25) is 0 Å². The van der Waals surface area contributed by atoms with E-state index in [4.69, 9.17) is 4.74 Å². The minimum atomic E-state index is -0.631. The van der Waals surface area contributed by atoms with Gasteiger partial charge in [0.15, 0.2) is 5.78 Å². The highest BCUT2D eigenvalue weighted by atomic mass is 79.9. The van der Waals surface area contributed by atoms with Crippen molar-refractivity contribution in [2.45, 2.75) is 19.4 Å². The first-order valence-corrected chi connectivity index (χ1v) is 8.72. The standard InChI is InChI=1S/C19H19BrFNO3/c20-15-8-9-17(18(21)11-15)19(24)22-12-16(23)7-4-10-25-13-14-5-2-1-3-6-14/h1-3,5-6,8-9,11H,4,7,10,12-13H2,(H,22,24). The van der Waals surface area contributed by atoms with Crippen molar-refractivity contribution < 1.29 is 18.7 Å². The van der Waals surface area contributed by atoms with E-state index in [2.05, 4.69) is 21.2 Å². The van der Waals surface area contributed by atoms with Gasteiger partial charge in [0.05, 0.1) is 18.7 Å². The topological polar surface area (TPSA) is 55.4 Å². The first-order chi connectivity index (χ1) is 12.1. The smallest absolute Gasteiger partial charge is 0.254 e. The van der Waals surface area contributed by atoms with Crippen molar-refractivity contribution in [1.82, 2.24) is 5.32 Å². The fraction of sp³-hybridized carbons (Fsp3) is 0.263. The zero-order valence-corrected chi connectivity index (χ0v) is 15.2. The number of ketones is 1. The van der Waals surface area contributed by atoms with Crippen LogP contribution in [0.15, 0.2) is 53.0 Å². The van der Waals surface area contributed by atoms with Crippen LogP contribution < -0.4 is 5.32 Å². The highest BCUT2D eigenvalue weighted by molar-refractivity contribution is 9.10. The zero-order chi connectivity index (χ0) is 18.1. The molecule has 0 saturated carbocycles. The number of halogens is 2. The van der Waals surface area contributed by atoms with Gasteiger partial charge in [-0.1, -0.05) is 46.3 Å². The maximum Gasteiger partial charge on any atom is 0.254 e.